The molecule has 2 aromatic heterocycles. The van der Waals surface area contributed by atoms with Gasteiger partial charge in [0, 0.05) is 6.04 Å². The Morgan fingerprint density at radius 2 is 1.94 bits per heavy atom. The summed E-state index contributed by atoms with van der Waals surface area (Å²) in [5.74, 6) is 0.114. The van der Waals surface area contributed by atoms with Crippen LogP contribution in [0.2, 0.25) is 5.02 Å². The second-order valence-electron chi connectivity index (χ2n) is 4.09. The van der Waals surface area contributed by atoms with E-state index in [0.717, 1.165) is 6.07 Å². The molecule has 2 rings (SSSR count). The first kappa shape index (κ1) is 12.9. The van der Waals surface area contributed by atoms with Crippen molar-refractivity contribution in [2.45, 2.75) is 26.1 Å². The summed E-state index contributed by atoms with van der Waals surface area (Å²) in [6, 6.07) is 0.979. The highest BCUT2D eigenvalue weighted by Gasteiger charge is 2.36. The maximum atomic E-state index is 12.7. The topological polar surface area (TPSA) is 56.7 Å². The fraction of sp³-hybridized carbons (Fsp3) is 0.400. The van der Waals surface area contributed by atoms with Crippen LogP contribution in [0.4, 0.5) is 19.1 Å². The van der Waals surface area contributed by atoms with Crippen LogP contribution in [0.3, 0.4) is 0 Å². The molecule has 0 radical (unpaired) electrons. The Bertz CT molecular complexity index is 603. The van der Waals surface area contributed by atoms with Gasteiger partial charge in [0.05, 0.1) is 5.02 Å². The number of nitrogen functional groups attached to an aromatic ring is 1. The van der Waals surface area contributed by atoms with Crippen LogP contribution in [0, 0.1) is 0 Å². The van der Waals surface area contributed by atoms with Gasteiger partial charge in [0.1, 0.15) is 5.52 Å². The Labute approximate surface area is 106 Å². The van der Waals surface area contributed by atoms with E-state index in [1.807, 2.05) is 0 Å². The van der Waals surface area contributed by atoms with Gasteiger partial charge in [0.15, 0.2) is 11.3 Å². The van der Waals surface area contributed by atoms with Gasteiger partial charge < -0.3 is 5.73 Å². The van der Waals surface area contributed by atoms with Crippen LogP contribution in [0.15, 0.2) is 6.07 Å². The van der Waals surface area contributed by atoms with Crippen molar-refractivity contribution in [1.82, 2.24) is 14.5 Å². The SMILES string of the molecule is CC(C)n1c(N)nc2cc(Cl)c(C(F)(F)F)nc21. The zero-order valence-corrected chi connectivity index (χ0v) is 10.3. The van der Waals surface area contributed by atoms with Gasteiger partial charge in [-0.1, -0.05) is 11.6 Å². The quantitative estimate of drug-likeness (QED) is 0.871. The molecule has 0 atom stereocenters. The summed E-state index contributed by atoms with van der Waals surface area (Å²) in [4.78, 5) is 7.50. The van der Waals surface area contributed by atoms with Gasteiger partial charge in [-0.15, -0.1) is 0 Å². The van der Waals surface area contributed by atoms with E-state index in [4.69, 9.17) is 17.3 Å². The third-order valence-corrected chi connectivity index (χ3v) is 2.72. The molecule has 2 N–H and O–H groups in total. The van der Waals surface area contributed by atoms with Crippen LogP contribution >= 0.6 is 11.6 Å². The van der Waals surface area contributed by atoms with Crippen LogP contribution in [0.25, 0.3) is 11.2 Å². The summed E-state index contributed by atoms with van der Waals surface area (Å²) in [5, 5.41) is -0.483. The van der Waals surface area contributed by atoms with Crippen molar-refractivity contribution in [3.8, 4) is 0 Å². The van der Waals surface area contributed by atoms with Gasteiger partial charge in [-0.3, -0.25) is 4.57 Å². The van der Waals surface area contributed by atoms with E-state index < -0.39 is 16.9 Å². The van der Waals surface area contributed by atoms with Crippen LogP contribution in [0.5, 0.6) is 0 Å². The number of nitrogens with zero attached hydrogens (tertiary/aromatic N) is 3. The van der Waals surface area contributed by atoms with E-state index in [1.54, 1.807) is 13.8 Å². The van der Waals surface area contributed by atoms with Gasteiger partial charge in [0.2, 0.25) is 5.95 Å². The molecule has 0 spiro atoms. The molecular weight excluding hydrogens is 269 g/mol. The Morgan fingerprint density at radius 1 is 1.33 bits per heavy atom. The molecule has 0 aliphatic carbocycles. The number of hydrogen-bond donors (Lipinski definition) is 1. The van der Waals surface area contributed by atoms with E-state index in [2.05, 4.69) is 9.97 Å². The lowest BCUT2D eigenvalue weighted by molar-refractivity contribution is -0.140. The molecule has 0 saturated heterocycles. The minimum atomic E-state index is -4.61. The molecule has 0 amide bonds. The number of nitrogens with two attached hydrogens (primary N) is 1. The van der Waals surface area contributed by atoms with Crippen molar-refractivity contribution >= 4 is 28.7 Å². The molecule has 2 aromatic rings. The Morgan fingerprint density at radius 3 is 2.44 bits per heavy atom. The average molecular weight is 279 g/mol. The first-order valence-corrected chi connectivity index (χ1v) is 5.50. The molecular formula is C10H10ClF3N4. The van der Waals surface area contributed by atoms with Gasteiger partial charge >= 0.3 is 6.18 Å². The summed E-state index contributed by atoms with van der Waals surface area (Å²) in [7, 11) is 0. The van der Waals surface area contributed by atoms with Gasteiger partial charge in [-0.25, -0.2) is 9.97 Å². The van der Waals surface area contributed by atoms with Crippen molar-refractivity contribution in [2.75, 3.05) is 5.73 Å². The highest BCUT2D eigenvalue weighted by Crippen LogP contribution is 2.35. The minimum absolute atomic E-state index is 0.0826. The van der Waals surface area contributed by atoms with Crippen molar-refractivity contribution < 1.29 is 13.2 Å². The normalized spacial score (nSPS) is 12.6. The maximum Gasteiger partial charge on any atom is 0.434 e. The summed E-state index contributed by atoms with van der Waals surface area (Å²) in [6.45, 7) is 3.56. The molecule has 0 aliphatic heterocycles. The molecule has 18 heavy (non-hydrogen) atoms. The second-order valence-corrected chi connectivity index (χ2v) is 4.50. The predicted octanol–water partition coefficient (Wildman–Crippen LogP) is 3.27. The molecule has 0 saturated carbocycles. The molecule has 0 unspecified atom stereocenters. The lowest BCUT2D eigenvalue weighted by Gasteiger charge is -2.11. The van der Waals surface area contributed by atoms with Crippen molar-refractivity contribution in [2.24, 2.45) is 0 Å². The molecule has 0 aliphatic rings. The molecule has 4 nitrogen and oxygen atoms in total. The van der Waals surface area contributed by atoms with Crippen LogP contribution in [0.1, 0.15) is 25.6 Å². The van der Waals surface area contributed by atoms with Crippen LogP contribution in [-0.2, 0) is 6.18 Å². The number of fused-ring (bicyclic) bond motifs is 1. The number of aromatic nitrogens is 3. The third-order valence-electron chi connectivity index (χ3n) is 2.43. The van der Waals surface area contributed by atoms with Crippen LogP contribution in [-0.4, -0.2) is 14.5 Å². The number of rotatable bonds is 1. The maximum absolute atomic E-state index is 12.7. The van der Waals surface area contributed by atoms with E-state index in [-0.39, 0.29) is 23.2 Å². The number of alkyl halides is 3. The Hall–Kier alpha value is -1.50. The summed E-state index contributed by atoms with van der Waals surface area (Å²) >= 11 is 5.56. The van der Waals surface area contributed by atoms with Crippen molar-refractivity contribution in [3.05, 3.63) is 16.8 Å². The average Bonchev–Trinajstić information content (AvgIpc) is 2.49. The van der Waals surface area contributed by atoms with Gasteiger partial charge in [0.25, 0.3) is 0 Å². The van der Waals surface area contributed by atoms with Crippen molar-refractivity contribution in [1.29, 1.82) is 0 Å². The fourth-order valence-corrected chi connectivity index (χ4v) is 1.98. The minimum Gasteiger partial charge on any atom is -0.369 e. The first-order chi connectivity index (χ1) is 8.21. The summed E-state index contributed by atoms with van der Waals surface area (Å²) < 4.78 is 39.6. The molecule has 98 valence electrons. The monoisotopic (exact) mass is 278 g/mol. The number of hydrogen-bond acceptors (Lipinski definition) is 3. The highest BCUT2D eigenvalue weighted by molar-refractivity contribution is 6.31. The Kier molecular flexibility index (Phi) is 2.89. The smallest absolute Gasteiger partial charge is 0.369 e. The van der Waals surface area contributed by atoms with Gasteiger partial charge in [-0.2, -0.15) is 13.2 Å². The van der Waals surface area contributed by atoms with Crippen LogP contribution < -0.4 is 5.73 Å². The predicted molar refractivity (Wildman–Crippen MR) is 62.3 cm³/mol. The largest absolute Gasteiger partial charge is 0.434 e. The lowest BCUT2D eigenvalue weighted by Crippen LogP contribution is -2.11. The van der Waals surface area contributed by atoms with Gasteiger partial charge in [-0.05, 0) is 19.9 Å². The van der Waals surface area contributed by atoms with E-state index >= 15 is 0 Å². The standard InChI is InChI=1S/C10H10ClF3N4/c1-4(2)18-8-6(16-9(18)15)3-5(11)7(17-8)10(12,13)14/h3-4H,1-2H3,(H2,15,16). The first-order valence-electron chi connectivity index (χ1n) is 5.13. The summed E-state index contributed by atoms with van der Waals surface area (Å²) in [6.07, 6.45) is -4.61. The van der Waals surface area contributed by atoms with Crippen molar-refractivity contribution in [3.63, 3.8) is 0 Å². The fourth-order valence-electron chi connectivity index (χ4n) is 1.72. The lowest BCUT2D eigenvalue weighted by atomic mass is 10.3. The number of imidazole rings is 1. The number of pyridine rings is 1. The molecule has 0 fully saturated rings. The Balaban J connectivity index is 2.79. The summed E-state index contributed by atoms with van der Waals surface area (Å²) in [5.41, 5.74) is 4.86. The third kappa shape index (κ3) is 1.98. The second kappa shape index (κ2) is 4.01. The zero-order valence-electron chi connectivity index (χ0n) is 9.59. The van der Waals surface area contributed by atoms with E-state index in [0.29, 0.717) is 0 Å². The van der Waals surface area contributed by atoms with E-state index in [9.17, 15) is 13.2 Å². The molecule has 8 heteroatoms. The van der Waals surface area contributed by atoms with E-state index in [1.165, 1.54) is 4.57 Å². The zero-order chi connectivity index (χ0) is 13.7. The highest BCUT2D eigenvalue weighted by atomic mass is 35.5. The molecule has 0 bridgehead atoms. The number of anilines is 1. The molecule has 0 aromatic carbocycles. The molecule has 2 heterocycles. The number of halogens is 4.